The molecule has 0 radical (unpaired) electrons. The second-order valence-electron chi connectivity index (χ2n) is 4.86. The summed E-state index contributed by atoms with van der Waals surface area (Å²) in [5, 5.41) is 8.46. The van der Waals surface area contributed by atoms with E-state index in [0.717, 1.165) is 11.1 Å². The minimum atomic E-state index is -3.72. The summed E-state index contributed by atoms with van der Waals surface area (Å²) in [4.78, 5) is 21.9. The van der Waals surface area contributed by atoms with Gasteiger partial charge in [-0.05, 0) is 43.5 Å². The number of sulfonamides is 1. The minimum Gasteiger partial charge on any atom is -0.481 e. The molecule has 0 aliphatic rings. The van der Waals surface area contributed by atoms with Gasteiger partial charge in [-0.15, -0.1) is 0 Å². The number of aryl methyl sites for hydroxylation is 2. The summed E-state index contributed by atoms with van der Waals surface area (Å²) in [5.74, 6) is -1.30. The van der Waals surface area contributed by atoms with E-state index in [0.29, 0.717) is 0 Å². The van der Waals surface area contributed by atoms with Crippen LogP contribution in [0.4, 0.5) is 0 Å². The number of hydrogen-bond donors (Lipinski definition) is 2. The molecule has 0 aromatic heterocycles. The van der Waals surface area contributed by atoms with Crippen LogP contribution in [0.1, 0.15) is 30.4 Å². The Morgan fingerprint density at radius 1 is 1.14 bits per heavy atom. The minimum absolute atomic E-state index is 0.0434. The molecule has 0 unspecified atom stereocenters. The fourth-order valence-corrected chi connectivity index (χ4v) is 2.76. The average Bonchev–Trinajstić information content (AvgIpc) is 2.39. The van der Waals surface area contributed by atoms with Crippen LogP contribution in [-0.4, -0.2) is 31.8 Å². The van der Waals surface area contributed by atoms with Crippen molar-refractivity contribution in [2.45, 2.75) is 38.0 Å². The van der Waals surface area contributed by atoms with E-state index in [-0.39, 0.29) is 36.5 Å². The molecular weight excluding hydrogens is 294 g/mol. The third-order valence-electron chi connectivity index (χ3n) is 3.09. The maximum atomic E-state index is 12.0. The summed E-state index contributed by atoms with van der Waals surface area (Å²) in [6.45, 7) is 3.37. The molecule has 0 aliphatic heterocycles. The molecule has 116 valence electrons. The van der Waals surface area contributed by atoms with Gasteiger partial charge < -0.3 is 5.11 Å². The number of carbonyl (C=O) groups is 2. The molecule has 0 heterocycles. The molecule has 1 rings (SSSR count). The van der Waals surface area contributed by atoms with Crippen LogP contribution < -0.4 is 4.72 Å². The normalized spacial score (nSPS) is 11.3. The van der Waals surface area contributed by atoms with Gasteiger partial charge in [0.25, 0.3) is 0 Å². The summed E-state index contributed by atoms with van der Waals surface area (Å²) >= 11 is 0. The lowest BCUT2D eigenvalue weighted by atomic mass is 10.1. The topological polar surface area (TPSA) is 101 Å². The van der Waals surface area contributed by atoms with Crippen LogP contribution in [0, 0.1) is 13.8 Å². The number of benzene rings is 1. The van der Waals surface area contributed by atoms with Crippen molar-refractivity contribution in [1.29, 1.82) is 0 Å². The Balaban J connectivity index is 2.58. The zero-order chi connectivity index (χ0) is 16.0. The Morgan fingerprint density at radius 3 is 2.38 bits per heavy atom. The molecule has 21 heavy (non-hydrogen) atoms. The second kappa shape index (κ2) is 7.33. The maximum absolute atomic E-state index is 12.0. The second-order valence-corrected chi connectivity index (χ2v) is 6.62. The summed E-state index contributed by atoms with van der Waals surface area (Å²) in [5.41, 5.74) is 1.84. The van der Waals surface area contributed by atoms with Gasteiger partial charge in [-0.2, -0.15) is 0 Å². The van der Waals surface area contributed by atoms with Gasteiger partial charge in [0.1, 0.15) is 5.78 Å². The fourth-order valence-electron chi connectivity index (χ4n) is 1.67. The highest BCUT2D eigenvalue weighted by Gasteiger charge is 2.16. The highest BCUT2D eigenvalue weighted by molar-refractivity contribution is 7.89. The van der Waals surface area contributed by atoms with Crippen molar-refractivity contribution in [2.75, 3.05) is 6.54 Å². The molecule has 0 aliphatic carbocycles. The van der Waals surface area contributed by atoms with Crippen molar-refractivity contribution >= 4 is 21.8 Å². The summed E-state index contributed by atoms with van der Waals surface area (Å²) in [6.07, 6.45) is 0.150. The van der Waals surface area contributed by atoms with Crippen molar-refractivity contribution in [1.82, 2.24) is 4.72 Å². The zero-order valence-corrected chi connectivity index (χ0v) is 12.9. The third-order valence-corrected chi connectivity index (χ3v) is 4.49. The molecule has 0 saturated heterocycles. The Morgan fingerprint density at radius 2 is 1.81 bits per heavy atom. The summed E-state index contributed by atoms with van der Waals surface area (Å²) < 4.78 is 26.3. The van der Waals surface area contributed by atoms with Crippen molar-refractivity contribution in [3.63, 3.8) is 0 Å². The monoisotopic (exact) mass is 313 g/mol. The molecule has 0 atom stereocenters. The van der Waals surface area contributed by atoms with Crippen LogP contribution >= 0.6 is 0 Å². The molecule has 0 fully saturated rings. The van der Waals surface area contributed by atoms with Crippen LogP contribution in [0.25, 0.3) is 0 Å². The van der Waals surface area contributed by atoms with E-state index in [2.05, 4.69) is 4.72 Å². The van der Waals surface area contributed by atoms with E-state index in [1.54, 1.807) is 12.1 Å². The number of hydrogen-bond acceptors (Lipinski definition) is 4. The Kier molecular flexibility index (Phi) is 6.04. The third kappa shape index (κ3) is 5.65. The highest BCUT2D eigenvalue weighted by Crippen LogP contribution is 2.14. The molecule has 1 aromatic rings. The summed E-state index contributed by atoms with van der Waals surface area (Å²) in [7, 11) is -3.72. The molecule has 0 amide bonds. The lowest BCUT2D eigenvalue weighted by molar-refractivity contribution is -0.137. The van der Waals surface area contributed by atoms with Gasteiger partial charge in [0.15, 0.2) is 0 Å². The number of carboxylic acid groups (broad SMARTS) is 1. The van der Waals surface area contributed by atoms with E-state index in [9.17, 15) is 18.0 Å². The summed E-state index contributed by atoms with van der Waals surface area (Å²) in [6, 6.07) is 4.74. The predicted octanol–water partition coefficient (Wildman–Crippen LogP) is 1.41. The Labute approximate surface area is 124 Å². The first-order valence-corrected chi connectivity index (χ1v) is 8.01. The van der Waals surface area contributed by atoms with Crippen LogP contribution in [0.3, 0.4) is 0 Å². The number of ketones is 1. The fraction of sp³-hybridized carbons (Fsp3) is 0.429. The van der Waals surface area contributed by atoms with Crippen molar-refractivity contribution in [3.8, 4) is 0 Å². The van der Waals surface area contributed by atoms with Crippen LogP contribution in [0.15, 0.2) is 23.1 Å². The van der Waals surface area contributed by atoms with E-state index in [1.165, 1.54) is 6.07 Å². The smallest absolute Gasteiger partial charge is 0.303 e. The number of carboxylic acids is 1. The van der Waals surface area contributed by atoms with E-state index < -0.39 is 16.0 Å². The number of aliphatic carboxylic acids is 1. The Bertz CT molecular complexity index is 637. The number of rotatable bonds is 8. The Hall–Kier alpha value is -1.73. The van der Waals surface area contributed by atoms with Crippen molar-refractivity contribution < 1.29 is 23.1 Å². The van der Waals surface area contributed by atoms with Gasteiger partial charge in [-0.1, -0.05) is 6.07 Å². The van der Waals surface area contributed by atoms with Crippen LogP contribution in [0.2, 0.25) is 0 Å². The zero-order valence-electron chi connectivity index (χ0n) is 12.0. The molecule has 7 heteroatoms. The van der Waals surface area contributed by atoms with Gasteiger partial charge in [0.2, 0.25) is 10.0 Å². The number of Topliss-reactive ketones (excluding diaryl/α,β-unsaturated/α-hetero) is 1. The number of carbonyl (C=O) groups excluding carboxylic acids is 1. The van der Waals surface area contributed by atoms with E-state index in [1.807, 2.05) is 13.8 Å². The standard InChI is InChI=1S/C14H19NO5S/c1-10-6-7-13(8-11(10)2)21(19,20)15-9-12(16)4-3-5-14(17)18/h6-8,15H,3-5,9H2,1-2H3,(H,17,18). The molecular formula is C14H19NO5S. The maximum Gasteiger partial charge on any atom is 0.303 e. The lowest BCUT2D eigenvalue weighted by Gasteiger charge is -2.08. The van der Waals surface area contributed by atoms with Gasteiger partial charge in [0.05, 0.1) is 11.4 Å². The molecule has 6 nitrogen and oxygen atoms in total. The van der Waals surface area contributed by atoms with E-state index >= 15 is 0 Å². The predicted molar refractivity (Wildman–Crippen MR) is 77.6 cm³/mol. The molecule has 0 saturated carbocycles. The van der Waals surface area contributed by atoms with Crippen molar-refractivity contribution in [2.24, 2.45) is 0 Å². The van der Waals surface area contributed by atoms with Crippen LogP contribution in [0.5, 0.6) is 0 Å². The van der Waals surface area contributed by atoms with Gasteiger partial charge in [-0.3, -0.25) is 9.59 Å². The van der Waals surface area contributed by atoms with Gasteiger partial charge >= 0.3 is 5.97 Å². The first-order chi connectivity index (χ1) is 9.72. The first-order valence-electron chi connectivity index (χ1n) is 6.53. The highest BCUT2D eigenvalue weighted by atomic mass is 32.2. The van der Waals surface area contributed by atoms with Gasteiger partial charge in [-0.25, -0.2) is 13.1 Å². The molecule has 1 aromatic carbocycles. The average molecular weight is 313 g/mol. The number of nitrogens with one attached hydrogen (secondary N) is 1. The van der Waals surface area contributed by atoms with Crippen molar-refractivity contribution in [3.05, 3.63) is 29.3 Å². The first kappa shape index (κ1) is 17.3. The molecule has 0 spiro atoms. The quantitative estimate of drug-likeness (QED) is 0.755. The molecule has 2 N–H and O–H groups in total. The van der Waals surface area contributed by atoms with Crippen LogP contribution in [-0.2, 0) is 19.6 Å². The van der Waals surface area contributed by atoms with E-state index in [4.69, 9.17) is 5.11 Å². The SMILES string of the molecule is Cc1ccc(S(=O)(=O)NCC(=O)CCCC(=O)O)cc1C. The van der Waals surface area contributed by atoms with Gasteiger partial charge in [0, 0.05) is 12.8 Å². The lowest BCUT2D eigenvalue weighted by Crippen LogP contribution is -2.29. The molecule has 0 bridgehead atoms. The largest absolute Gasteiger partial charge is 0.481 e.